The van der Waals surface area contributed by atoms with Gasteiger partial charge in [0.1, 0.15) is 6.10 Å². The third-order valence-corrected chi connectivity index (χ3v) is 7.06. The van der Waals surface area contributed by atoms with Gasteiger partial charge in [-0.3, -0.25) is 14.4 Å². The number of allylic oxidation sites excluding steroid dienone is 4. The van der Waals surface area contributed by atoms with E-state index in [4.69, 9.17) is 15.2 Å². The number of Topliss-reactive ketones (excluding diaryl/α,β-unsaturated/α-hetero) is 1. The monoisotopic (exact) mass is 543 g/mol. The van der Waals surface area contributed by atoms with Crippen LogP contribution in [0.1, 0.15) is 47.5 Å². The number of hydrogen-bond acceptors (Lipinski definition) is 8. The van der Waals surface area contributed by atoms with E-state index in [0.29, 0.717) is 17.6 Å². The SMILES string of the molecule is CNC1=C2C[C@@H](C)C[C@H](OC)[C@H](O)[C@@H](C)/C=C(\C)[C@H](OC(N)=O)[C@@H](C)/C=C\C=C(/C)C(=O)NC(=CC1=O)C2=O. The largest absolute Gasteiger partial charge is 0.441 e. The van der Waals surface area contributed by atoms with Gasteiger partial charge in [0.05, 0.1) is 23.6 Å². The van der Waals surface area contributed by atoms with Gasteiger partial charge >= 0.3 is 6.09 Å². The highest BCUT2D eigenvalue weighted by molar-refractivity contribution is 6.23. The maximum atomic E-state index is 13.3. The molecular weight excluding hydrogens is 502 g/mol. The quantitative estimate of drug-likeness (QED) is 0.313. The van der Waals surface area contributed by atoms with Crippen molar-refractivity contribution in [3.8, 4) is 0 Å². The summed E-state index contributed by atoms with van der Waals surface area (Å²) in [5, 5.41) is 16.5. The summed E-state index contributed by atoms with van der Waals surface area (Å²) in [4.78, 5) is 50.6. The molecule has 2 rings (SSSR count). The molecule has 1 heterocycles. The molecule has 2 amide bonds. The Morgan fingerprint density at radius 3 is 2.41 bits per heavy atom. The smallest absolute Gasteiger partial charge is 0.405 e. The Kier molecular flexibility index (Phi) is 11.4. The third-order valence-electron chi connectivity index (χ3n) is 7.06. The topological polar surface area (TPSA) is 157 Å². The van der Waals surface area contributed by atoms with E-state index in [9.17, 15) is 24.3 Å². The van der Waals surface area contributed by atoms with E-state index in [1.165, 1.54) is 7.11 Å². The number of primary amides is 1. The van der Waals surface area contributed by atoms with Crippen LogP contribution in [-0.4, -0.2) is 61.1 Å². The van der Waals surface area contributed by atoms with E-state index in [1.807, 2.05) is 26.8 Å². The molecular formula is C29H41N3O7. The number of amides is 2. The molecule has 5 N–H and O–H groups in total. The summed E-state index contributed by atoms with van der Waals surface area (Å²) in [6.45, 7) is 8.94. The minimum atomic E-state index is -0.928. The number of ketones is 2. The zero-order valence-corrected chi connectivity index (χ0v) is 23.7. The predicted molar refractivity (Wildman–Crippen MR) is 147 cm³/mol. The molecule has 6 atom stereocenters. The number of nitrogens with two attached hydrogens (primary N) is 1. The Morgan fingerprint density at radius 1 is 1.15 bits per heavy atom. The van der Waals surface area contributed by atoms with Crippen molar-refractivity contribution >= 4 is 23.6 Å². The van der Waals surface area contributed by atoms with Crippen LogP contribution in [0.15, 0.2) is 58.5 Å². The molecule has 0 aromatic rings. The third kappa shape index (κ3) is 8.24. The van der Waals surface area contributed by atoms with Crippen LogP contribution in [-0.2, 0) is 23.9 Å². The van der Waals surface area contributed by atoms with Crippen molar-refractivity contribution < 1.29 is 33.8 Å². The van der Waals surface area contributed by atoms with Gasteiger partial charge in [-0.15, -0.1) is 0 Å². The average molecular weight is 544 g/mol. The van der Waals surface area contributed by atoms with Crippen LogP contribution in [0, 0.1) is 17.8 Å². The molecule has 0 saturated carbocycles. The van der Waals surface area contributed by atoms with Gasteiger partial charge < -0.3 is 30.9 Å². The second-order valence-corrected chi connectivity index (χ2v) is 10.3. The van der Waals surface area contributed by atoms with Gasteiger partial charge in [-0.2, -0.15) is 0 Å². The molecule has 2 aliphatic rings. The molecule has 2 bridgehead atoms. The number of likely N-dealkylation sites (N-methyl/N-ethyl adjacent to an activating group) is 1. The zero-order valence-electron chi connectivity index (χ0n) is 23.7. The van der Waals surface area contributed by atoms with Crippen LogP contribution in [0.4, 0.5) is 4.79 Å². The number of ether oxygens (including phenoxy) is 2. The van der Waals surface area contributed by atoms with E-state index in [1.54, 1.807) is 39.1 Å². The first kappa shape index (κ1) is 31.7. The average Bonchev–Trinajstić information content (AvgIpc) is 2.87. The van der Waals surface area contributed by atoms with Gasteiger partial charge in [-0.1, -0.05) is 45.1 Å². The minimum Gasteiger partial charge on any atom is -0.441 e. The number of carbonyl (C=O) groups is 4. The Hall–Kier alpha value is -3.50. The number of fused-ring (bicyclic) bond motifs is 2. The van der Waals surface area contributed by atoms with Crippen molar-refractivity contribution in [2.75, 3.05) is 14.2 Å². The summed E-state index contributed by atoms with van der Waals surface area (Å²) in [6.07, 6.45) is 5.42. The van der Waals surface area contributed by atoms with Crippen molar-refractivity contribution in [3.05, 3.63) is 58.5 Å². The lowest BCUT2D eigenvalue weighted by atomic mass is 9.85. The highest BCUT2D eigenvalue weighted by Crippen LogP contribution is 2.29. The molecule has 214 valence electrons. The summed E-state index contributed by atoms with van der Waals surface area (Å²) in [5.74, 6) is -2.24. The van der Waals surface area contributed by atoms with E-state index < -0.39 is 41.9 Å². The van der Waals surface area contributed by atoms with Crippen LogP contribution < -0.4 is 16.4 Å². The highest BCUT2D eigenvalue weighted by atomic mass is 16.6. The summed E-state index contributed by atoms with van der Waals surface area (Å²) in [5.41, 5.74) is 6.68. The van der Waals surface area contributed by atoms with E-state index in [0.717, 1.165) is 6.08 Å². The first-order valence-corrected chi connectivity index (χ1v) is 13.0. The number of rotatable bonds is 3. The Bertz CT molecular complexity index is 1130. The maximum absolute atomic E-state index is 13.3. The lowest BCUT2D eigenvalue weighted by Gasteiger charge is -2.29. The molecule has 0 aromatic heterocycles. The number of aliphatic hydroxyl groups is 1. The van der Waals surface area contributed by atoms with Crippen LogP contribution >= 0.6 is 0 Å². The second-order valence-electron chi connectivity index (χ2n) is 10.3. The number of carbonyl (C=O) groups excluding carboxylic acids is 4. The molecule has 39 heavy (non-hydrogen) atoms. The molecule has 0 radical (unpaired) electrons. The molecule has 1 aliphatic carbocycles. The number of methoxy groups -OCH3 is 1. The molecule has 0 unspecified atom stereocenters. The first-order chi connectivity index (χ1) is 18.3. The van der Waals surface area contributed by atoms with Crippen molar-refractivity contribution in [1.82, 2.24) is 10.6 Å². The minimum absolute atomic E-state index is 0.0964. The number of nitrogens with one attached hydrogen (secondary N) is 2. The Balaban J connectivity index is 2.57. The van der Waals surface area contributed by atoms with Crippen molar-refractivity contribution in [2.24, 2.45) is 23.5 Å². The number of hydrogen-bond donors (Lipinski definition) is 4. The fraction of sp³-hybridized carbons (Fsp3) is 0.517. The summed E-state index contributed by atoms with van der Waals surface area (Å²) >= 11 is 0. The van der Waals surface area contributed by atoms with Crippen LogP contribution in [0.3, 0.4) is 0 Å². The highest BCUT2D eigenvalue weighted by Gasteiger charge is 2.32. The van der Waals surface area contributed by atoms with E-state index >= 15 is 0 Å². The van der Waals surface area contributed by atoms with Gasteiger partial charge in [0.2, 0.25) is 11.6 Å². The maximum Gasteiger partial charge on any atom is 0.405 e. The summed E-state index contributed by atoms with van der Waals surface area (Å²) < 4.78 is 11.0. The van der Waals surface area contributed by atoms with Gasteiger partial charge in [0, 0.05) is 43.2 Å². The second kappa shape index (κ2) is 14.0. The van der Waals surface area contributed by atoms with Crippen molar-refractivity contribution in [3.63, 3.8) is 0 Å². The lowest BCUT2D eigenvalue weighted by Crippen LogP contribution is -2.37. The Morgan fingerprint density at radius 2 is 1.82 bits per heavy atom. The molecule has 0 aromatic carbocycles. The van der Waals surface area contributed by atoms with Crippen LogP contribution in [0.2, 0.25) is 0 Å². The zero-order chi connectivity index (χ0) is 29.4. The van der Waals surface area contributed by atoms with Crippen LogP contribution in [0.25, 0.3) is 0 Å². The van der Waals surface area contributed by atoms with Gasteiger partial charge in [-0.05, 0) is 38.2 Å². The van der Waals surface area contributed by atoms with Gasteiger partial charge in [0.15, 0.2) is 0 Å². The predicted octanol–water partition coefficient (Wildman–Crippen LogP) is 2.60. The van der Waals surface area contributed by atoms with Gasteiger partial charge in [0.25, 0.3) is 5.91 Å². The van der Waals surface area contributed by atoms with Gasteiger partial charge in [-0.25, -0.2) is 4.79 Å². The molecule has 10 nitrogen and oxygen atoms in total. The molecule has 1 aliphatic heterocycles. The molecule has 0 fully saturated rings. The fourth-order valence-corrected chi connectivity index (χ4v) is 4.92. The van der Waals surface area contributed by atoms with Crippen LogP contribution in [0.5, 0.6) is 0 Å². The van der Waals surface area contributed by atoms with Crippen molar-refractivity contribution in [1.29, 1.82) is 0 Å². The molecule has 10 heteroatoms. The standard InChI is InChI=1S/C29H41N3O7/c1-15-11-20-24(31-6)22(33)14-21(26(20)35)32-28(36)17(3)10-8-9-16(2)27(39-29(30)37)19(5)13-18(4)25(34)23(12-15)38-7/h8-10,13-16,18,23,25,27,31,34H,11-12H2,1-7H3,(H2,30,37)(H,32,36)/b9-8-,17-10+,19-13+/t15-,16+,18+,23+,25-,27-/m1/s1. The number of aliphatic hydroxyl groups excluding tert-OH is 1. The summed E-state index contributed by atoms with van der Waals surface area (Å²) in [7, 11) is 3.07. The summed E-state index contributed by atoms with van der Waals surface area (Å²) in [6, 6.07) is 0. The van der Waals surface area contributed by atoms with E-state index in [2.05, 4.69) is 10.6 Å². The first-order valence-electron chi connectivity index (χ1n) is 13.0. The lowest BCUT2D eigenvalue weighted by molar-refractivity contribution is -0.120. The fourth-order valence-electron chi connectivity index (χ4n) is 4.92. The van der Waals surface area contributed by atoms with E-state index in [-0.39, 0.29) is 41.1 Å². The van der Waals surface area contributed by atoms with Crippen molar-refractivity contribution in [2.45, 2.75) is 65.8 Å². The Labute approximate surface area is 230 Å². The molecule has 0 saturated heterocycles. The normalized spacial score (nSPS) is 33.2. The molecule has 0 spiro atoms.